The summed E-state index contributed by atoms with van der Waals surface area (Å²) in [6.45, 7) is 2.21. The number of para-hydroxylation sites is 1. The molecule has 5 nitrogen and oxygen atoms in total. The van der Waals surface area contributed by atoms with E-state index in [1.165, 1.54) is 18.4 Å². The maximum atomic E-state index is 5.38. The third-order valence-corrected chi connectivity index (χ3v) is 4.95. The van der Waals surface area contributed by atoms with Crippen molar-refractivity contribution >= 4 is 23.4 Å². The highest BCUT2D eigenvalue weighted by atomic mass is 32.2. The number of thioether (sulfide) groups is 1. The Kier molecular flexibility index (Phi) is 6.55. The molecule has 0 saturated heterocycles. The Labute approximate surface area is 158 Å². The van der Waals surface area contributed by atoms with E-state index in [1.54, 1.807) is 18.9 Å². The second kappa shape index (κ2) is 9.29. The van der Waals surface area contributed by atoms with Crippen LogP contribution in [0, 0.1) is 0 Å². The van der Waals surface area contributed by atoms with Crippen LogP contribution in [0.2, 0.25) is 0 Å². The highest BCUT2D eigenvalue weighted by Gasteiger charge is 2.07. The number of nitrogens with zero attached hydrogens (tertiary/aromatic N) is 2. The predicted molar refractivity (Wildman–Crippen MR) is 107 cm³/mol. The molecule has 136 valence electrons. The van der Waals surface area contributed by atoms with Crippen LogP contribution in [-0.4, -0.2) is 22.3 Å². The van der Waals surface area contributed by atoms with Crippen LogP contribution in [0.3, 0.4) is 0 Å². The van der Waals surface area contributed by atoms with Gasteiger partial charge in [-0.25, -0.2) is 5.10 Å². The molecule has 3 rings (SSSR count). The molecular formula is C20H24N4OS. The standard InChI is InChI=1S/C20H24N4OS/c1-3-4-7-15-10-12-17(13-11-15)21-19-22-20(24-23-19)26-14-16-8-5-6-9-18(16)25-2/h5-6,8-13H,3-4,7,14H2,1-2H3,(H2,21,22,23,24). The molecule has 0 bridgehead atoms. The topological polar surface area (TPSA) is 62.8 Å². The van der Waals surface area contributed by atoms with E-state index in [0.717, 1.165) is 29.2 Å². The normalized spacial score (nSPS) is 10.7. The van der Waals surface area contributed by atoms with E-state index >= 15 is 0 Å². The van der Waals surface area contributed by atoms with E-state index in [-0.39, 0.29) is 0 Å². The third kappa shape index (κ3) is 5.02. The first-order valence-electron chi connectivity index (χ1n) is 8.81. The van der Waals surface area contributed by atoms with Gasteiger partial charge in [-0.2, -0.15) is 4.98 Å². The highest BCUT2D eigenvalue weighted by Crippen LogP contribution is 2.26. The van der Waals surface area contributed by atoms with Crippen LogP contribution in [0.4, 0.5) is 11.6 Å². The van der Waals surface area contributed by atoms with Gasteiger partial charge in [-0.05, 0) is 36.6 Å². The van der Waals surface area contributed by atoms with Crippen molar-refractivity contribution in [2.75, 3.05) is 12.4 Å². The molecule has 26 heavy (non-hydrogen) atoms. The zero-order chi connectivity index (χ0) is 18.2. The van der Waals surface area contributed by atoms with E-state index in [1.807, 2.05) is 18.2 Å². The van der Waals surface area contributed by atoms with Crippen LogP contribution in [0.15, 0.2) is 53.7 Å². The van der Waals surface area contributed by atoms with E-state index in [2.05, 4.69) is 57.8 Å². The van der Waals surface area contributed by atoms with Crippen molar-refractivity contribution in [3.63, 3.8) is 0 Å². The number of hydrogen-bond acceptors (Lipinski definition) is 5. The highest BCUT2D eigenvalue weighted by molar-refractivity contribution is 7.98. The molecule has 0 saturated carbocycles. The first-order valence-corrected chi connectivity index (χ1v) is 9.80. The van der Waals surface area contributed by atoms with Gasteiger partial charge in [-0.1, -0.05) is 55.4 Å². The zero-order valence-electron chi connectivity index (χ0n) is 15.2. The molecule has 2 aromatic carbocycles. The van der Waals surface area contributed by atoms with Crippen LogP contribution in [0.5, 0.6) is 5.75 Å². The number of methoxy groups -OCH3 is 1. The monoisotopic (exact) mass is 368 g/mol. The maximum absolute atomic E-state index is 5.38. The van der Waals surface area contributed by atoms with Gasteiger partial charge in [0.25, 0.3) is 0 Å². The van der Waals surface area contributed by atoms with Crippen molar-refractivity contribution in [1.29, 1.82) is 0 Å². The SMILES string of the molecule is CCCCc1ccc(Nc2nc(SCc3ccccc3OC)n[nH]2)cc1. The predicted octanol–water partition coefficient (Wildman–Crippen LogP) is 5.19. The lowest BCUT2D eigenvalue weighted by Gasteiger charge is -2.06. The largest absolute Gasteiger partial charge is 0.496 e. The summed E-state index contributed by atoms with van der Waals surface area (Å²) in [6.07, 6.45) is 3.57. The van der Waals surface area contributed by atoms with E-state index < -0.39 is 0 Å². The second-order valence-corrected chi connectivity index (χ2v) is 6.94. The Bertz CT molecular complexity index is 817. The molecule has 0 spiro atoms. The molecule has 0 amide bonds. The van der Waals surface area contributed by atoms with E-state index in [4.69, 9.17) is 4.74 Å². The fourth-order valence-corrected chi connectivity index (χ4v) is 3.39. The molecule has 2 N–H and O–H groups in total. The molecule has 0 aliphatic heterocycles. The van der Waals surface area contributed by atoms with Gasteiger partial charge in [0, 0.05) is 17.0 Å². The van der Waals surface area contributed by atoms with Crippen molar-refractivity contribution < 1.29 is 4.74 Å². The Morgan fingerprint density at radius 2 is 1.92 bits per heavy atom. The molecular weight excluding hydrogens is 344 g/mol. The molecule has 1 heterocycles. The Hall–Kier alpha value is -2.47. The average molecular weight is 369 g/mol. The van der Waals surface area contributed by atoms with Crippen molar-refractivity contribution in [3.8, 4) is 5.75 Å². The minimum atomic E-state index is 0.647. The van der Waals surface area contributed by atoms with Crippen LogP contribution < -0.4 is 10.1 Å². The van der Waals surface area contributed by atoms with Gasteiger partial charge >= 0.3 is 0 Å². The fraction of sp³-hybridized carbons (Fsp3) is 0.300. The molecule has 0 atom stereocenters. The Morgan fingerprint density at radius 1 is 1.12 bits per heavy atom. The number of ether oxygens (including phenoxy) is 1. The molecule has 0 radical (unpaired) electrons. The molecule has 0 fully saturated rings. The van der Waals surface area contributed by atoms with Crippen molar-refractivity contribution in [3.05, 3.63) is 59.7 Å². The number of rotatable bonds is 9. The Morgan fingerprint density at radius 3 is 2.69 bits per heavy atom. The van der Waals surface area contributed by atoms with E-state index in [9.17, 15) is 0 Å². The number of hydrogen-bond donors (Lipinski definition) is 2. The average Bonchev–Trinajstić information content (AvgIpc) is 3.13. The second-order valence-electron chi connectivity index (χ2n) is 5.99. The van der Waals surface area contributed by atoms with Crippen molar-refractivity contribution in [2.24, 2.45) is 0 Å². The van der Waals surface area contributed by atoms with Gasteiger partial charge in [0.1, 0.15) is 5.75 Å². The third-order valence-electron chi connectivity index (χ3n) is 4.05. The Balaban J connectivity index is 1.56. The number of H-pyrrole nitrogens is 1. The van der Waals surface area contributed by atoms with Crippen LogP contribution in [0.25, 0.3) is 0 Å². The number of anilines is 2. The van der Waals surface area contributed by atoms with Crippen LogP contribution in [0.1, 0.15) is 30.9 Å². The lowest BCUT2D eigenvalue weighted by molar-refractivity contribution is 0.411. The summed E-state index contributed by atoms with van der Waals surface area (Å²) in [7, 11) is 1.69. The minimum Gasteiger partial charge on any atom is -0.496 e. The van der Waals surface area contributed by atoms with E-state index in [0.29, 0.717) is 11.1 Å². The van der Waals surface area contributed by atoms with Gasteiger partial charge < -0.3 is 10.1 Å². The molecule has 0 aliphatic rings. The smallest absolute Gasteiger partial charge is 0.223 e. The number of aryl methyl sites for hydroxylation is 1. The fourth-order valence-electron chi connectivity index (χ4n) is 2.60. The number of benzene rings is 2. The summed E-state index contributed by atoms with van der Waals surface area (Å²) in [5.74, 6) is 2.29. The van der Waals surface area contributed by atoms with Crippen molar-refractivity contribution in [2.45, 2.75) is 37.1 Å². The van der Waals surface area contributed by atoms with Crippen LogP contribution >= 0.6 is 11.8 Å². The number of unbranched alkanes of at least 4 members (excludes halogenated alkanes) is 1. The lowest BCUT2D eigenvalue weighted by Crippen LogP contribution is -1.93. The first-order chi connectivity index (χ1) is 12.8. The van der Waals surface area contributed by atoms with Gasteiger partial charge in [-0.3, -0.25) is 0 Å². The molecule has 0 unspecified atom stereocenters. The maximum Gasteiger partial charge on any atom is 0.223 e. The summed E-state index contributed by atoms with van der Waals surface area (Å²) in [5.41, 5.74) is 3.49. The summed E-state index contributed by atoms with van der Waals surface area (Å²) in [4.78, 5) is 4.49. The summed E-state index contributed by atoms with van der Waals surface area (Å²) in [6, 6.07) is 16.5. The molecule has 6 heteroatoms. The van der Waals surface area contributed by atoms with Gasteiger partial charge in [0.15, 0.2) is 0 Å². The van der Waals surface area contributed by atoms with Gasteiger partial charge in [0.2, 0.25) is 11.1 Å². The minimum absolute atomic E-state index is 0.647. The number of nitrogens with one attached hydrogen (secondary N) is 2. The van der Waals surface area contributed by atoms with Crippen molar-refractivity contribution in [1.82, 2.24) is 15.2 Å². The number of aromatic amines is 1. The number of aromatic nitrogens is 3. The van der Waals surface area contributed by atoms with Crippen LogP contribution in [-0.2, 0) is 12.2 Å². The quantitative estimate of drug-likeness (QED) is 0.509. The van der Waals surface area contributed by atoms with Gasteiger partial charge in [-0.15, -0.1) is 5.10 Å². The zero-order valence-corrected chi connectivity index (χ0v) is 16.0. The molecule has 3 aromatic rings. The summed E-state index contributed by atoms with van der Waals surface area (Å²) >= 11 is 1.57. The van der Waals surface area contributed by atoms with Gasteiger partial charge in [0.05, 0.1) is 7.11 Å². The summed E-state index contributed by atoms with van der Waals surface area (Å²) in [5, 5.41) is 11.2. The molecule has 1 aromatic heterocycles. The lowest BCUT2D eigenvalue weighted by atomic mass is 10.1. The first kappa shape index (κ1) is 18.3. The molecule has 0 aliphatic carbocycles. The summed E-state index contributed by atoms with van der Waals surface area (Å²) < 4.78 is 5.38.